The molecule has 0 atom stereocenters. The molecule has 0 radical (unpaired) electrons. The molecule has 0 bridgehead atoms. The molecule has 0 aromatic heterocycles. The second kappa shape index (κ2) is 11.9. The average molecular weight is 548 g/mol. The van der Waals surface area contributed by atoms with Crippen LogP contribution in [0.25, 0.3) is 38.2 Å². The largest absolute Gasteiger partial charge is 0.489 e. The summed E-state index contributed by atoms with van der Waals surface area (Å²) in [5.74, 6) is 1.75. The van der Waals surface area contributed by atoms with Gasteiger partial charge in [-0.15, -0.1) is 0 Å². The lowest BCUT2D eigenvalue weighted by molar-refractivity contribution is 0.303. The van der Waals surface area contributed by atoms with Crippen molar-refractivity contribution in [3.05, 3.63) is 150 Å². The van der Waals surface area contributed by atoms with Gasteiger partial charge in [-0.05, 0) is 104 Å². The fourth-order valence-electron chi connectivity index (χ4n) is 5.82. The molecule has 0 unspecified atom stereocenters. The van der Waals surface area contributed by atoms with Crippen molar-refractivity contribution in [2.75, 3.05) is 13.1 Å². The van der Waals surface area contributed by atoms with E-state index < -0.39 is 0 Å². The minimum absolute atomic E-state index is 0.479. The topological polar surface area (TPSA) is 30.5 Å². The fourth-order valence-corrected chi connectivity index (χ4v) is 5.82. The number of hydrogen-bond donors (Lipinski definition) is 1. The third-order valence-electron chi connectivity index (χ3n) is 8.05. The van der Waals surface area contributed by atoms with E-state index in [1.807, 2.05) is 0 Å². The molecule has 3 nitrogen and oxygen atoms in total. The van der Waals surface area contributed by atoms with Crippen LogP contribution in [0.4, 0.5) is 0 Å². The predicted molar refractivity (Wildman–Crippen MR) is 174 cm³/mol. The van der Waals surface area contributed by atoms with Crippen molar-refractivity contribution >= 4 is 27.1 Å². The molecule has 1 heterocycles. The van der Waals surface area contributed by atoms with Crippen LogP contribution in [0.1, 0.15) is 23.1 Å². The van der Waals surface area contributed by atoms with Gasteiger partial charge in [-0.2, -0.15) is 0 Å². The molecular weight excluding hydrogens is 514 g/mol. The molecule has 206 valence electrons. The van der Waals surface area contributed by atoms with Crippen LogP contribution >= 0.6 is 0 Å². The number of fused-ring (bicyclic) bond motifs is 2. The van der Waals surface area contributed by atoms with E-state index in [-0.39, 0.29) is 0 Å². The first kappa shape index (κ1) is 26.1. The number of benzene rings is 6. The van der Waals surface area contributed by atoms with Crippen LogP contribution in [-0.2, 0) is 13.2 Å². The average Bonchev–Trinajstić information content (AvgIpc) is 3.07. The van der Waals surface area contributed by atoms with E-state index in [4.69, 9.17) is 9.47 Å². The van der Waals surface area contributed by atoms with Gasteiger partial charge in [-0.25, -0.2) is 0 Å². The lowest BCUT2D eigenvalue weighted by atomic mass is 9.89. The molecule has 0 spiro atoms. The highest BCUT2D eigenvalue weighted by Gasteiger charge is 2.17. The first-order valence-corrected chi connectivity index (χ1v) is 14.6. The standard InChI is InChI=1S/C39H33NO2/c1-2-10-30(11-3-1)38-24-35(27-42-37-17-15-29-9-5-7-13-33(29)23-37)39(31-18-20-40-21-19-31)25-34(38)26-41-36-16-14-28-8-4-6-12-32(28)22-36/h1-18,22-25,40H,19-21,26-27H2. The summed E-state index contributed by atoms with van der Waals surface area (Å²) < 4.78 is 12.9. The highest BCUT2D eigenvalue weighted by molar-refractivity contribution is 5.84. The maximum Gasteiger partial charge on any atom is 0.120 e. The Labute approximate surface area is 247 Å². The highest BCUT2D eigenvalue weighted by Crippen LogP contribution is 2.34. The van der Waals surface area contributed by atoms with Gasteiger partial charge in [0.05, 0.1) is 0 Å². The van der Waals surface area contributed by atoms with Crippen molar-refractivity contribution in [3.8, 4) is 22.6 Å². The third-order valence-corrected chi connectivity index (χ3v) is 8.05. The van der Waals surface area contributed by atoms with E-state index >= 15 is 0 Å². The van der Waals surface area contributed by atoms with Crippen LogP contribution in [0.2, 0.25) is 0 Å². The third kappa shape index (κ3) is 5.65. The van der Waals surface area contributed by atoms with Crippen LogP contribution < -0.4 is 14.8 Å². The van der Waals surface area contributed by atoms with Gasteiger partial charge in [0.25, 0.3) is 0 Å². The molecule has 0 saturated heterocycles. The zero-order chi connectivity index (χ0) is 28.1. The summed E-state index contributed by atoms with van der Waals surface area (Å²) in [5.41, 5.74) is 7.30. The Bertz CT molecular complexity index is 1890. The summed E-state index contributed by atoms with van der Waals surface area (Å²) in [5, 5.41) is 8.25. The van der Waals surface area contributed by atoms with Crippen LogP contribution in [0, 0.1) is 0 Å². The van der Waals surface area contributed by atoms with Gasteiger partial charge in [0.15, 0.2) is 0 Å². The minimum Gasteiger partial charge on any atom is -0.489 e. The van der Waals surface area contributed by atoms with Crippen molar-refractivity contribution < 1.29 is 9.47 Å². The van der Waals surface area contributed by atoms with Crippen molar-refractivity contribution in [3.63, 3.8) is 0 Å². The minimum atomic E-state index is 0.479. The Morgan fingerprint density at radius 1 is 0.524 bits per heavy atom. The van der Waals surface area contributed by atoms with Gasteiger partial charge in [-0.3, -0.25) is 0 Å². The van der Waals surface area contributed by atoms with E-state index in [1.54, 1.807) is 0 Å². The highest BCUT2D eigenvalue weighted by atomic mass is 16.5. The second-order valence-corrected chi connectivity index (χ2v) is 10.8. The SMILES string of the molecule is C1=C(c2cc(COc3ccc4ccccc4c3)c(-c3ccccc3)cc2COc2ccc3ccccc3c2)CCNC1. The molecule has 0 amide bonds. The Morgan fingerprint density at radius 3 is 1.67 bits per heavy atom. The van der Waals surface area contributed by atoms with Crippen LogP contribution in [0.15, 0.2) is 133 Å². The van der Waals surface area contributed by atoms with Crippen molar-refractivity contribution in [2.45, 2.75) is 19.6 Å². The molecule has 0 saturated carbocycles. The molecule has 0 fully saturated rings. The predicted octanol–water partition coefficient (Wildman–Crippen LogP) is 9.19. The van der Waals surface area contributed by atoms with Gasteiger partial charge in [0.2, 0.25) is 0 Å². The van der Waals surface area contributed by atoms with Crippen molar-refractivity contribution in [2.24, 2.45) is 0 Å². The summed E-state index contributed by atoms with van der Waals surface area (Å²) >= 11 is 0. The zero-order valence-electron chi connectivity index (χ0n) is 23.6. The summed E-state index contributed by atoms with van der Waals surface area (Å²) in [4.78, 5) is 0. The Balaban J connectivity index is 1.26. The normalized spacial score (nSPS) is 13.2. The number of rotatable bonds is 8. The van der Waals surface area contributed by atoms with Crippen molar-refractivity contribution in [1.29, 1.82) is 0 Å². The molecule has 0 aliphatic carbocycles. The monoisotopic (exact) mass is 547 g/mol. The van der Waals surface area contributed by atoms with Gasteiger partial charge in [0, 0.05) is 6.54 Å². The summed E-state index contributed by atoms with van der Waals surface area (Å²) in [6.45, 7) is 2.82. The van der Waals surface area contributed by atoms with E-state index in [2.05, 4.69) is 139 Å². The van der Waals surface area contributed by atoms with Gasteiger partial charge in [0.1, 0.15) is 24.7 Å². The number of ether oxygens (including phenoxy) is 2. The molecular formula is C39H33NO2. The van der Waals surface area contributed by atoms with E-state index in [9.17, 15) is 0 Å². The van der Waals surface area contributed by atoms with E-state index in [0.717, 1.165) is 31.0 Å². The quantitative estimate of drug-likeness (QED) is 0.206. The molecule has 6 aromatic carbocycles. The van der Waals surface area contributed by atoms with Crippen LogP contribution in [0.3, 0.4) is 0 Å². The molecule has 3 heteroatoms. The summed E-state index contributed by atoms with van der Waals surface area (Å²) in [6.07, 6.45) is 3.30. The maximum atomic E-state index is 6.46. The lowest BCUT2D eigenvalue weighted by Crippen LogP contribution is -2.20. The molecule has 1 aliphatic heterocycles. The second-order valence-electron chi connectivity index (χ2n) is 10.8. The fraction of sp³-hybridized carbons (Fsp3) is 0.128. The Kier molecular flexibility index (Phi) is 7.41. The maximum absolute atomic E-state index is 6.46. The first-order chi connectivity index (χ1) is 20.8. The molecule has 6 aromatic rings. The first-order valence-electron chi connectivity index (χ1n) is 14.6. The van der Waals surface area contributed by atoms with Crippen LogP contribution in [-0.4, -0.2) is 13.1 Å². The summed E-state index contributed by atoms with van der Waals surface area (Å²) in [6, 6.07) is 44.7. The zero-order valence-corrected chi connectivity index (χ0v) is 23.6. The number of hydrogen-bond acceptors (Lipinski definition) is 3. The smallest absolute Gasteiger partial charge is 0.120 e. The Hall–Kier alpha value is -4.86. The molecule has 1 N–H and O–H groups in total. The Morgan fingerprint density at radius 2 is 1.07 bits per heavy atom. The van der Waals surface area contributed by atoms with E-state index in [1.165, 1.54) is 54.9 Å². The van der Waals surface area contributed by atoms with Gasteiger partial charge in [-0.1, -0.05) is 97.1 Å². The summed E-state index contributed by atoms with van der Waals surface area (Å²) in [7, 11) is 0. The van der Waals surface area contributed by atoms with Gasteiger partial charge >= 0.3 is 0 Å². The molecule has 7 rings (SSSR count). The molecule has 42 heavy (non-hydrogen) atoms. The van der Waals surface area contributed by atoms with E-state index in [0.29, 0.717) is 13.2 Å². The molecule has 1 aliphatic rings. The van der Waals surface area contributed by atoms with Crippen LogP contribution in [0.5, 0.6) is 11.5 Å². The lowest BCUT2D eigenvalue weighted by Gasteiger charge is -2.22. The number of nitrogens with one attached hydrogen (secondary N) is 1. The van der Waals surface area contributed by atoms with Gasteiger partial charge < -0.3 is 14.8 Å². The van der Waals surface area contributed by atoms with Crippen molar-refractivity contribution in [1.82, 2.24) is 5.32 Å².